The molecular formula is C48H18. The lowest BCUT2D eigenvalue weighted by Gasteiger charge is -2.30. The van der Waals surface area contributed by atoms with Crippen LogP contribution in [-0.2, 0) is 0 Å². The van der Waals surface area contributed by atoms with Gasteiger partial charge in [0.25, 0.3) is 0 Å². The summed E-state index contributed by atoms with van der Waals surface area (Å²) < 4.78 is 0. The van der Waals surface area contributed by atoms with Crippen LogP contribution < -0.4 is 0 Å². The third-order valence-electron chi connectivity index (χ3n) is 13.2. The number of benzene rings is 16. The van der Waals surface area contributed by atoms with Gasteiger partial charge >= 0.3 is 0 Å². The molecule has 0 nitrogen and oxygen atoms in total. The van der Waals surface area contributed by atoms with E-state index in [1.165, 1.54) is 162 Å². The summed E-state index contributed by atoms with van der Waals surface area (Å²) in [4.78, 5) is 0. The summed E-state index contributed by atoms with van der Waals surface area (Å²) in [6, 6.07) is 43.3. The predicted molar refractivity (Wildman–Crippen MR) is 210 cm³/mol. The number of rotatable bonds is 0. The van der Waals surface area contributed by atoms with Crippen molar-refractivity contribution < 1.29 is 0 Å². The molecule has 16 aromatic rings. The van der Waals surface area contributed by atoms with Crippen molar-refractivity contribution in [3.05, 3.63) is 109 Å². The first kappa shape index (κ1) is 21.5. The highest BCUT2D eigenvalue weighted by molar-refractivity contribution is 6.62. The minimum atomic E-state index is 1.35. The third kappa shape index (κ3) is 1.85. The van der Waals surface area contributed by atoms with Gasteiger partial charge in [-0.2, -0.15) is 0 Å². The van der Waals surface area contributed by atoms with Gasteiger partial charge in [0.05, 0.1) is 0 Å². The van der Waals surface area contributed by atoms with Crippen LogP contribution in [0.2, 0.25) is 0 Å². The SMILES string of the molecule is c1cc2cc3cc4ccc5cc6cc7cccc8cc9cc%10ccc%11cc%12cc(c1)c2c1c3c2c4c5c3c6c(c78)c9c4c%10c%11c(c%121)c2c34. The van der Waals surface area contributed by atoms with E-state index in [1.807, 2.05) is 0 Å². The topological polar surface area (TPSA) is 0 Å². The van der Waals surface area contributed by atoms with Gasteiger partial charge in [0.15, 0.2) is 0 Å². The molecule has 0 heteroatoms. The summed E-state index contributed by atoms with van der Waals surface area (Å²) >= 11 is 0. The Bertz CT molecular complexity index is 3530. The summed E-state index contributed by atoms with van der Waals surface area (Å²) in [5.74, 6) is 0. The van der Waals surface area contributed by atoms with Crippen molar-refractivity contribution in [2.24, 2.45) is 0 Å². The number of hydrogen-bond donors (Lipinski definition) is 0. The average molecular weight is 595 g/mol. The van der Waals surface area contributed by atoms with Gasteiger partial charge < -0.3 is 0 Å². The zero-order valence-electron chi connectivity index (χ0n) is 25.4. The van der Waals surface area contributed by atoms with Crippen molar-refractivity contribution in [2.75, 3.05) is 0 Å². The smallest absolute Gasteiger partial charge is 0.00000299 e. The van der Waals surface area contributed by atoms with Crippen LogP contribution in [0.15, 0.2) is 109 Å². The molecule has 16 aromatic carbocycles. The lowest BCUT2D eigenvalue weighted by molar-refractivity contribution is 1.82. The lowest BCUT2D eigenvalue weighted by atomic mass is 9.72. The Kier molecular flexibility index (Phi) is 2.79. The van der Waals surface area contributed by atoms with Crippen LogP contribution >= 0.6 is 0 Å². The normalized spacial score (nSPS) is 14.2. The van der Waals surface area contributed by atoms with Crippen LogP contribution in [0.4, 0.5) is 0 Å². The monoisotopic (exact) mass is 594 g/mol. The molecular weight excluding hydrogens is 577 g/mol. The standard InChI is InChI=1S/C48H18/c1-3-19-11-27-15-23-7-9-25-17-29-13-21-5-2-6-22-14-30-18-26-10-8-24-16-28-12-20(4-1)31(19)41-37(27)43-33(23)35(25)45-39(29)42(32(21)22)40(30)46-36(26)34(24)44(38(28)41)47(43)48(45)46/h1-18H. The van der Waals surface area contributed by atoms with Gasteiger partial charge in [-0.25, -0.2) is 0 Å². The second kappa shape index (κ2) is 6.22. The molecule has 0 N–H and O–H groups in total. The first-order valence-electron chi connectivity index (χ1n) is 17.2. The third-order valence-corrected chi connectivity index (χ3v) is 13.2. The fraction of sp³-hybridized carbons (Fsp3) is 0. The van der Waals surface area contributed by atoms with E-state index in [0.717, 1.165) is 0 Å². The van der Waals surface area contributed by atoms with Crippen molar-refractivity contribution in [3.8, 4) is 0 Å². The van der Waals surface area contributed by atoms with Crippen molar-refractivity contribution in [3.63, 3.8) is 0 Å². The second-order valence-electron chi connectivity index (χ2n) is 15.1. The molecule has 0 saturated carbocycles. The molecule has 0 bridgehead atoms. The molecule has 0 radical (unpaired) electrons. The largest absolute Gasteiger partial charge is 0.0610 e. The van der Waals surface area contributed by atoms with E-state index in [4.69, 9.17) is 0 Å². The molecule has 0 aliphatic heterocycles. The zero-order chi connectivity index (χ0) is 30.0. The van der Waals surface area contributed by atoms with Gasteiger partial charge in [-0.15, -0.1) is 0 Å². The highest BCUT2D eigenvalue weighted by Crippen LogP contribution is 2.61. The molecule has 0 atom stereocenters. The maximum absolute atomic E-state index is 2.50. The molecule has 48 heavy (non-hydrogen) atoms. The molecule has 0 unspecified atom stereocenters. The molecule has 0 aliphatic rings. The van der Waals surface area contributed by atoms with Crippen LogP contribution in [0, 0.1) is 0 Å². The summed E-state index contributed by atoms with van der Waals surface area (Å²) in [5.41, 5.74) is 0. The Morgan fingerprint density at radius 3 is 0.604 bits per heavy atom. The van der Waals surface area contributed by atoms with E-state index < -0.39 is 0 Å². The number of hydrogen-bond acceptors (Lipinski definition) is 0. The lowest BCUT2D eigenvalue weighted by Crippen LogP contribution is -2.01. The Hall–Kier alpha value is -6.24. The average Bonchev–Trinajstić information content (AvgIpc) is 3.11. The Balaban J connectivity index is 1.45. The quantitative estimate of drug-likeness (QED) is 0.121. The predicted octanol–water partition coefficient (Wildman–Crippen LogP) is 13.9. The van der Waals surface area contributed by atoms with E-state index in [1.54, 1.807) is 0 Å². The molecule has 16 rings (SSSR count). The van der Waals surface area contributed by atoms with E-state index in [9.17, 15) is 0 Å². The van der Waals surface area contributed by atoms with E-state index in [0.29, 0.717) is 0 Å². The minimum absolute atomic E-state index is 1.35. The van der Waals surface area contributed by atoms with Gasteiger partial charge in [-0.05, 0) is 210 Å². The molecule has 0 aliphatic carbocycles. The first-order valence-corrected chi connectivity index (χ1v) is 17.2. The maximum atomic E-state index is 2.50. The summed E-state index contributed by atoms with van der Waals surface area (Å²) in [6.45, 7) is 0. The van der Waals surface area contributed by atoms with Crippen molar-refractivity contribution >= 4 is 162 Å². The molecule has 210 valence electrons. The Morgan fingerprint density at radius 1 is 0.146 bits per heavy atom. The van der Waals surface area contributed by atoms with Gasteiger partial charge in [-0.1, -0.05) is 60.7 Å². The van der Waals surface area contributed by atoms with E-state index in [2.05, 4.69) is 109 Å². The Labute approximate surface area is 269 Å². The van der Waals surface area contributed by atoms with Gasteiger partial charge in [0, 0.05) is 0 Å². The van der Waals surface area contributed by atoms with Crippen LogP contribution in [0.5, 0.6) is 0 Å². The van der Waals surface area contributed by atoms with Crippen molar-refractivity contribution in [1.29, 1.82) is 0 Å². The Morgan fingerprint density at radius 2 is 0.333 bits per heavy atom. The zero-order valence-corrected chi connectivity index (χ0v) is 25.4. The summed E-state index contributed by atoms with van der Waals surface area (Å²) in [6.07, 6.45) is 0. The first-order chi connectivity index (χ1) is 23.8. The molecule has 0 spiro atoms. The highest BCUT2D eigenvalue weighted by Gasteiger charge is 2.32. The van der Waals surface area contributed by atoms with E-state index >= 15 is 0 Å². The molecule has 0 amide bonds. The van der Waals surface area contributed by atoms with Crippen molar-refractivity contribution in [2.45, 2.75) is 0 Å². The molecule has 0 heterocycles. The maximum Gasteiger partial charge on any atom is -0.00000299 e. The van der Waals surface area contributed by atoms with Gasteiger partial charge in [-0.3, -0.25) is 0 Å². The van der Waals surface area contributed by atoms with Crippen molar-refractivity contribution in [1.82, 2.24) is 0 Å². The summed E-state index contributed by atoms with van der Waals surface area (Å²) in [5, 5.41) is 42.7. The van der Waals surface area contributed by atoms with E-state index in [-0.39, 0.29) is 0 Å². The fourth-order valence-corrected chi connectivity index (χ4v) is 11.8. The van der Waals surface area contributed by atoms with Gasteiger partial charge in [0.2, 0.25) is 0 Å². The second-order valence-corrected chi connectivity index (χ2v) is 15.1. The van der Waals surface area contributed by atoms with Crippen LogP contribution in [0.1, 0.15) is 0 Å². The van der Waals surface area contributed by atoms with Gasteiger partial charge in [0.1, 0.15) is 0 Å². The molecule has 0 aromatic heterocycles. The van der Waals surface area contributed by atoms with Crippen LogP contribution in [0.25, 0.3) is 162 Å². The molecule has 0 saturated heterocycles. The highest BCUT2D eigenvalue weighted by atomic mass is 14.3. The minimum Gasteiger partial charge on any atom is -0.0610 e. The molecule has 0 fully saturated rings. The van der Waals surface area contributed by atoms with Crippen LogP contribution in [0.3, 0.4) is 0 Å². The summed E-state index contributed by atoms with van der Waals surface area (Å²) in [7, 11) is 0. The fourth-order valence-electron chi connectivity index (χ4n) is 11.8. The van der Waals surface area contributed by atoms with Crippen LogP contribution in [-0.4, -0.2) is 0 Å².